The zero-order valence-corrected chi connectivity index (χ0v) is 41.3. The zero-order chi connectivity index (χ0) is 46.3. The van der Waals surface area contributed by atoms with Crippen molar-refractivity contribution >= 4 is 45.9 Å². The molecular formula is C66H55NSi. The van der Waals surface area contributed by atoms with Crippen LogP contribution in [0.1, 0.15) is 99.9 Å². The second-order valence-corrected chi connectivity index (χ2v) is 26.5. The van der Waals surface area contributed by atoms with Gasteiger partial charge in [-0.15, -0.1) is 0 Å². The molecule has 9 aromatic rings. The molecule has 328 valence electrons. The average Bonchev–Trinajstić information content (AvgIpc) is 3.99. The molecule has 0 bridgehead atoms. The van der Waals surface area contributed by atoms with Crippen LogP contribution in [-0.4, -0.2) is 8.07 Å². The number of nitrogens with zero attached hydrogens (tertiary/aromatic N) is 1. The van der Waals surface area contributed by atoms with E-state index < -0.39 is 13.5 Å². The summed E-state index contributed by atoms with van der Waals surface area (Å²) in [5.74, 6) is 0. The van der Waals surface area contributed by atoms with Gasteiger partial charge < -0.3 is 4.90 Å². The highest BCUT2D eigenvalue weighted by Gasteiger charge is 2.56. The first-order valence-corrected chi connectivity index (χ1v) is 26.7. The van der Waals surface area contributed by atoms with Gasteiger partial charge in [0.05, 0.1) is 16.8 Å². The lowest BCUT2D eigenvalue weighted by Gasteiger charge is -2.45. The Morgan fingerprint density at radius 3 is 1.35 bits per heavy atom. The second-order valence-electron chi connectivity index (χ2n) is 22.8. The molecule has 0 unspecified atom stereocenters. The Hall–Kier alpha value is -7.00. The Balaban J connectivity index is 1.05. The van der Waals surface area contributed by atoms with E-state index in [1.165, 1.54) is 127 Å². The summed E-state index contributed by atoms with van der Waals surface area (Å²) in [5.41, 5.74) is 25.1. The molecule has 68 heavy (non-hydrogen) atoms. The fourth-order valence-corrected chi connectivity index (χ4v) is 19.5. The molecule has 3 aliphatic heterocycles. The standard InChI is InChI=1S/C66H55NSi/c1-63(2,3)40-29-32-46-47-33-30-41(64(4,5)6)36-61(47)68(60(46)35-40)59-28-18-11-21-45(59)48-34-31-42(37-62(48)68)67-57-26-16-14-24-53(57)66(54-25-15-17-27-58(54)67)52-23-13-10-20-44(52)50-38-55-49(39-56(50)66)43-19-9-12-22-51(43)65(55,7)8/h9-39H,1-8H3. The second kappa shape index (κ2) is 13.2. The van der Waals surface area contributed by atoms with E-state index in [1.807, 2.05) is 0 Å². The van der Waals surface area contributed by atoms with Crippen molar-refractivity contribution in [1.82, 2.24) is 0 Å². The molecule has 0 N–H and O–H groups in total. The van der Waals surface area contributed by atoms with Gasteiger partial charge in [0.1, 0.15) is 0 Å². The SMILES string of the molecule is CC(C)(C)c1ccc2c(c1)[Si]1(c3ccccc3-c3ccc(N4c5ccccc5C5(c6ccccc6-c6cc7c(cc65)-c5ccccc5C7(C)C)c5ccccc54)cc31)c1cc(C(C)(C)C)ccc1-2. The van der Waals surface area contributed by atoms with Crippen LogP contribution in [0.15, 0.2) is 188 Å². The molecule has 2 aliphatic carbocycles. The van der Waals surface area contributed by atoms with Crippen LogP contribution >= 0.6 is 0 Å². The van der Waals surface area contributed by atoms with Crippen LogP contribution in [0.4, 0.5) is 17.1 Å². The molecule has 1 nitrogen and oxygen atoms in total. The summed E-state index contributed by atoms with van der Waals surface area (Å²) in [4.78, 5) is 2.61. The lowest BCUT2D eigenvalue weighted by Crippen LogP contribution is -2.71. The van der Waals surface area contributed by atoms with E-state index in [9.17, 15) is 0 Å². The third-order valence-electron chi connectivity index (χ3n) is 17.0. The lowest BCUT2D eigenvalue weighted by atomic mass is 9.64. The highest BCUT2D eigenvalue weighted by atomic mass is 28.3. The lowest BCUT2D eigenvalue weighted by molar-refractivity contribution is 0.590. The first-order valence-electron chi connectivity index (χ1n) is 24.7. The molecule has 3 heterocycles. The number of hydrogen-bond donors (Lipinski definition) is 0. The van der Waals surface area contributed by atoms with Crippen LogP contribution in [0.2, 0.25) is 0 Å². The van der Waals surface area contributed by atoms with Gasteiger partial charge in [-0.25, -0.2) is 0 Å². The maximum absolute atomic E-state index is 2.85. The summed E-state index contributed by atoms with van der Waals surface area (Å²) in [7, 11) is -2.85. The van der Waals surface area contributed by atoms with Gasteiger partial charge in [-0.05, 0) is 157 Å². The largest absolute Gasteiger partial charge is 0.310 e. The van der Waals surface area contributed by atoms with Gasteiger partial charge in [0.2, 0.25) is 0 Å². The van der Waals surface area contributed by atoms with Crippen molar-refractivity contribution in [1.29, 1.82) is 0 Å². The Morgan fingerprint density at radius 2 is 0.765 bits per heavy atom. The van der Waals surface area contributed by atoms with Crippen LogP contribution in [0.25, 0.3) is 44.5 Å². The maximum Gasteiger partial charge on any atom is 0.182 e. The number of para-hydroxylation sites is 2. The van der Waals surface area contributed by atoms with Crippen LogP contribution in [0.5, 0.6) is 0 Å². The first-order chi connectivity index (χ1) is 32.7. The third kappa shape index (κ3) is 4.82. The minimum absolute atomic E-state index is 0.00703. The van der Waals surface area contributed by atoms with E-state index in [4.69, 9.17) is 0 Å². The zero-order valence-electron chi connectivity index (χ0n) is 40.3. The van der Waals surface area contributed by atoms with Gasteiger partial charge >= 0.3 is 0 Å². The number of fused-ring (bicyclic) bond motifs is 22. The van der Waals surface area contributed by atoms with Crippen molar-refractivity contribution < 1.29 is 0 Å². The van der Waals surface area contributed by atoms with Gasteiger partial charge in [0.15, 0.2) is 8.07 Å². The molecule has 0 saturated heterocycles. The monoisotopic (exact) mass is 889 g/mol. The van der Waals surface area contributed by atoms with E-state index in [1.54, 1.807) is 0 Å². The van der Waals surface area contributed by atoms with Crippen molar-refractivity contribution in [2.45, 2.75) is 77.0 Å². The number of benzene rings is 9. The Bertz CT molecular complexity index is 3590. The van der Waals surface area contributed by atoms with Crippen molar-refractivity contribution in [3.05, 3.63) is 233 Å². The van der Waals surface area contributed by atoms with Crippen molar-refractivity contribution in [3.63, 3.8) is 0 Å². The fourth-order valence-electron chi connectivity index (χ4n) is 13.8. The Labute approximate surface area is 402 Å². The van der Waals surface area contributed by atoms with E-state index in [0.29, 0.717) is 0 Å². The molecule has 5 aliphatic rings. The summed E-state index contributed by atoms with van der Waals surface area (Å²) in [6, 6.07) is 74.1. The minimum atomic E-state index is -2.85. The molecule has 2 heteroatoms. The summed E-state index contributed by atoms with van der Waals surface area (Å²) < 4.78 is 0. The van der Waals surface area contributed by atoms with Crippen LogP contribution in [0.3, 0.4) is 0 Å². The topological polar surface area (TPSA) is 3.24 Å². The molecule has 2 spiro atoms. The predicted octanol–water partition coefficient (Wildman–Crippen LogP) is 14.1. The van der Waals surface area contributed by atoms with Crippen LogP contribution in [-0.2, 0) is 21.7 Å². The maximum atomic E-state index is 2.64. The molecule has 0 amide bonds. The molecule has 0 atom stereocenters. The first kappa shape index (κ1) is 40.1. The van der Waals surface area contributed by atoms with Gasteiger partial charge in [-0.2, -0.15) is 0 Å². The summed E-state index contributed by atoms with van der Waals surface area (Å²) in [6.45, 7) is 19.0. The van der Waals surface area contributed by atoms with E-state index in [-0.39, 0.29) is 16.2 Å². The fraction of sp³-hybridized carbons (Fsp3) is 0.182. The highest BCUT2D eigenvalue weighted by molar-refractivity contribution is 7.24. The van der Waals surface area contributed by atoms with Gasteiger partial charge in [0.25, 0.3) is 0 Å². The molecular weight excluding hydrogens is 835 g/mol. The van der Waals surface area contributed by atoms with Gasteiger partial charge in [-0.3, -0.25) is 0 Å². The molecule has 0 fully saturated rings. The molecule has 9 aromatic carbocycles. The molecule has 0 saturated carbocycles. The van der Waals surface area contributed by atoms with E-state index in [2.05, 4.69) is 248 Å². The van der Waals surface area contributed by atoms with Gasteiger partial charge in [-0.1, -0.05) is 207 Å². The normalized spacial score (nSPS) is 16.3. The minimum Gasteiger partial charge on any atom is -0.310 e. The van der Waals surface area contributed by atoms with Crippen molar-refractivity contribution in [2.75, 3.05) is 4.90 Å². The summed E-state index contributed by atoms with van der Waals surface area (Å²) in [6.07, 6.45) is 0. The van der Waals surface area contributed by atoms with Crippen molar-refractivity contribution in [2.24, 2.45) is 0 Å². The number of rotatable bonds is 1. The average molecular weight is 890 g/mol. The predicted molar refractivity (Wildman–Crippen MR) is 289 cm³/mol. The quantitative estimate of drug-likeness (QED) is 0.148. The highest BCUT2D eigenvalue weighted by Crippen LogP contribution is 2.65. The van der Waals surface area contributed by atoms with Crippen molar-refractivity contribution in [3.8, 4) is 44.5 Å². The summed E-state index contributed by atoms with van der Waals surface area (Å²) >= 11 is 0. The van der Waals surface area contributed by atoms with Crippen LogP contribution < -0.4 is 25.6 Å². The Morgan fingerprint density at radius 1 is 0.338 bits per heavy atom. The number of hydrogen-bond acceptors (Lipinski definition) is 1. The van der Waals surface area contributed by atoms with E-state index >= 15 is 0 Å². The Kier molecular flexibility index (Phi) is 7.76. The smallest absolute Gasteiger partial charge is 0.182 e. The molecule has 0 radical (unpaired) electrons. The van der Waals surface area contributed by atoms with Gasteiger partial charge in [0, 0.05) is 11.1 Å². The molecule has 14 rings (SSSR count). The molecule has 0 aromatic heterocycles. The summed E-state index contributed by atoms with van der Waals surface area (Å²) in [5, 5.41) is 6.07. The van der Waals surface area contributed by atoms with E-state index in [0.717, 1.165) is 0 Å². The third-order valence-corrected chi connectivity index (χ3v) is 21.9. The number of anilines is 3. The van der Waals surface area contributed by atoms with Crippen LogP contribution in [0, 0.1) is 0 Å².